The van der Waals surface area contributed by atoms with Crippen LogP contribution < -0.4 is 5.73 Å². The molecule has 0 aromatic heterocycles. The van der Waals surface area contributed by atoms with Crippen molar-refractivity contribution in [1.82, 2.24) is 4.90 Å². The van der Waals surface area contributed by atoms with Crippen molar-refractivity contribution in [3.63, 3.8) is 0 Å². The molecule has 1 aliphatic carbocycles. The Kier molecular flexibility index (Phi) is 5.22. The molecule has 0 radical (unpaired) electrons. The fourth-order valence-electron chi connectivity index (χ4n) is 3.58. The standard InChI is InChI=1S/C18H30N2/c1-4-16-9-11-18(14-19,12-10-16)20(3)13-17-8-6-5-7-15(17)2/h5-8,16H,4,9-14,19H2,1-3H3. The van der Waals surface area contributed by atoms with Crippen LogP contribution in [0.4, 0.5) is 0 Å². The van der Waals surface area contributed by atoms with Crippen LogP contribution in [-0.2, 0) is 6.54 Å². The average molecular weight is 274 g/mol. The van der Waals surface area contributed by atoms with Crippen molar-refractivity contribution >= 4 is 0 Å². The Hall–Kier alpha value is -0.860. The van der Waals surface area contributed by atoms with Gasteiger partial charge < -0.3 is 5.73 Å². The summed E-state index contributed by atoms with van der Waals surface area (Å²) in [6.45, 7) is 6.32. The molecule has 1 aromatic rings. The number of hydrogen-bond donors (Lipinski definition) is 1. The first-order valence-electron chi connectivity index (χ1n) is 8.07. The fraction of sp³-hybridized carbons (Fsp3) is 0.667. The Morgan fingerprint density at radius 1 is 1.25 bits per heavy atom. The molecule has 0 unspecified atom stereocenters. The highest BCUT2D eigenvalue weighted by Gasteiger charge is 2.37. The summed E-state index contributed by atoms with van der Waals surface area (Å²) in [6, 6.07) is 8.70. The number of nitrogens with zero attached hydrogens (tertiary/aromatic N) is 1. The van der Waals surface area contributed by atoms with Gasteiger partial charge in [0.2, 0.25) is 0 Å². The molecule has 0 saturated heterocycles. The van der Waals surface area contributed by atoms with E-state index in [0.29, 0.717) is 0 Å². The Morgan fingerprint density at radius 3 is 2.45 bits per heavy atom. The van der Waals surface area contributed by atoms with Crippen LogP contribution >= 0.6 is 0 Å². The van der Waals surface area contributed by atoms with Crippen LogP contribution in [0, 0.1) is 12.8 Å². The summed E-state index contributed by atoms with van der Waals surface area (Å²) in [5.74, 6) is 0.918. The number of nitrogens with two attached hydrogens (primary N) is 1. The maximum Gasteiger partial charge on any atom is 0.0332 e. The minimum atomic E-state index is 0.216. The van der Waals surface area contributed by atoms with Crippen molar-refractivity contribution < 1.29 is 0 Å². The largest absolute Gasteiger partial charge is 0.329 e. The molecule has 2 N–H and O–H groups in total. The normalized spacial score (nSPS) is 26.9. The molecule has 1 aromatic carbocycles. The molecular formula is C18H30N2. The van der Waals surface area contributed by atoms with E-state index in [1.165, 1.54) is 43.2 Å². The van der Waals surface area contributed by atoms with Gasteiger partial charge in [-0.05, 0) is 56.7 Å². The molecule has 1 aliphatic rings. The highest BCUT2D eigenvalue weighted by atomic mass is 15.2. The van der Waals surface area contributed by atoms with Crippen LogP contribution in [0.25, 0.3) is 0 Å². The van der Waals surface area contributed by atoms with Crippen LogP contribution in [0.5, 0.6) is 0 Å². The third kappa shape index (κ3) is 3.24. The van der Waals surface area contributed by atoms with Crippen molar-refractivity contribution in [2.75, 3.05) is 13.6 Å². The first-order chi connectivity index (χ1) is 9.61. The molecule has 2 nitrogen and oxygen atoms in total. The Morgan fingerprint density at radius 2 is 1.90 bits per heavy atom. The second-order valence-electron chi connectivity index (χ2n) is 6.56. The highest BCUT2D eigenvalue weighted by molar-refractivity contribution is 5.25. The zero-order chi connectivity index (χ0) is 14.6. The molecule has 1 saturated carbocycles. The summed E-state index contributed by atoms with van der Waals surface area (Å²) < 4.78 is 0. The minimum Gasteiger partial charge on any atom is -0.329 e. The summed E-state index contributed by atoms with van der Waals surface area (Å²) in [4.78, 5) is 2.52. The van der Waals surface area contributed by atoms with Crippen LogP contribution in [0.15, 0.2) is 24.3 Å². The van der Waals surface area contributed by atoms with Gasteiger partial charge in [0.25, 0.3) is 0 Å². The minimum absolute atomic E-state index is 0.216. The van der Waals surface area contributed by atoms with Crippen molar-refractivity contribution in [3.8, 4) is 0 Å². The van der Waals surface area contributed by atoms with Gasteiger partial charge in [0.15, 0.2) is 0 Å². The number of rotatable bonds is 5. The van der Waals surface area contributed by atoms with Gasteiger partial charge >= 0.3 is 0 Å². The molecule has 0 atom stereocenters. The van der Waals surface area contributed by atoms with E-state index in [2.05, 4.69) is 50.1 Å². The first kappa shape index (κ1) is 15.5. The average Bonchev–Trinajstić information content (AvgIpc) is 2.49. The van der Waals surface area contributed by atoms with Gasteiger partial charge in [-0.25, -0.2) is 0 Å². The molecule has 0 spiro atoms. The Labute approximate surface area is 124 Å². The molecule has 0 amide bonds. The van der Waals surface area contributed by atoms with E-state index in [4.69, 9.17) is 5.73 Å². The molecule has 0 aliphatic heterocycles. The lowest BCUT2D eigenvalue weighted by Crippen LogP contribution is -2.53. The van der Waals surface area contributed by atoms with Crippen LogP contribution in [0.1, 0.15) is 50.2 Å². The third-order valence-corrected chi connectivity index (χ3v) is 5.47. The van der Waals surface area contributed by atoms with Crippen LogP contribution in [0.3, 0.4) is 0 Å². The van der Waals surface area contributed by atoms with E-state index in [-0.39, 0.29) is 5.54 Å². The number of benzene rings is 1. The Balaban J connectivity index is 2.06. The second kappa shape index (κ2) is 6.73. The van der Waals surface area contributed by atoms with Gasteiger partial charge in [-0.1, -0.05) is 37.6 Å². The maximum absolute atomic E-state index is 6.18. The summed E-state index contributed by atoms with van der Waals surface area (Å²) in [7, 11) is 2.26. The maximum atomic E-state index is 6.18. The predicted octanol–water partition coefficient (Wildman–Crippen LogP) is 3.72. The Bertz CT molecular complexity index is 419. The third-order valence-electron chi connectivity index (χ3n) is 5.47. The van der Waals surface area contributed by atoms with E-state index >= 15 is 0 Å². The van der Waals surface area contributed by atoms with E-state index in [1.54, 1.807) is 0 Å². The fourth-order valence-corrected chi connectivity index (χ4v) is 3.58. The summed E-state index contributed by atoms with van der Waals surface area (Å²) >= 11 is 0. The highest BCUT2D eigenvalue weighted by Crippen LogP contribution is 2.37. The van der Waals surface area contributed by atoms with Crippen LogP contribution in [0.2, 0.25) is 0 Å². The number of aryl methyl sites for hydroxylation is 1. The quantitative estimate of drug-likeness (QED) is 0.886. The first-order valence-corrected chi connectivity index (χ1v) is 8.07. The van der Waals surface area contributed by atoms with Crippen LogP contribution in [-0.4, -0.2) is 24.0 Å². The van der Waals surface area contributed by atoms with Gasteiger partial charge in [0, 0.05) is 18.6 Å². The van der Waals surface area contributed by atoms with E-state index < -0.39 is 0 Å². The van der Waals surface area contributed by atoms with E-state index in [1.807, 2.05) is 0 Å². The zero-order valence-electron chi connectivity index (χ0n) is 13.4. The summed E-state index contributed by atoms with van der Waals surface area (Å²) in [5.41, 5.74) is 9.21. The van der Waals surface area contributed by atoms with Gasteiger partial charge in [-0.2, -0.15) is 0 Å². The molecule has 0 heterocycles. The van der Waals surface area contributed by atoms with Crippen molar-refractivity contribution in [2.24, 2.45) is 11.7 Å². The number of likely N-dealkylation sites (N-methyl/N-ethyl adjacent to an activating group) is 1. The van der Waals surface area contributed by atoms with E-state index in [0.717, 1.165) is 19.0 Å². The molecule has 1 fully saturated rings. The van der Waals surface area contributed by atoms with Crippen molar-refractivity contribution in [3.05, 3.63) is 35.4 Å². The summed E-state index contributed by atoms with van der Waals surface area (Å²) in [5, 5.41) is 0. The van der Waals surface area contributed by atoms with Gasteiger partial charge in [-0.3, -0.25) is 4.90 Å². The molecular weight excluding hydrogens is 244 g/mol. The molecule has 2 heteroatoms. The lowest BCUT2D eigenvalue weighted by Gasteiger charge is -2.46. The molecule has 2 rings (SSSR count). The summed E-state index contributed by atoms with van der Waals surface area (Å²) in [6.07, 6.45) is 6.51. The van der Waals surface area contributed by atoms with E-state index in [9.17, 15) is 0 Å². The number of hydrogen-bond acceptors (Lipinski definition) is 2. The lowest BCUT2D eigenvalue weighted by molar-refractivity contribution is 0.0578. The topological polar surface area (TPSA) is 29.3 Å². The van der Waals surface area contributed by atoms with Gasteiger partial charge in [0.05, 0.1) is 0 Å². The smallest absolute Gasteiger partial charge is 0.0332 e. The van der Waals surface area contributed by atoms with Gasteiger partial charge in [0.1, 0.15) is 0 Å². The molecule has 0 bridgehead atoms. The SMILES string of the molecule is CCC1CCC(CN)(N(C)Cc2ccccc2C)CC1. The molecule has 20 heavy (non-hydrogen) atoms. The monoisotopic (exact) mass is 274 g/mol. The zero-order valence-corrected chi connectivity index (χ0v) is 13.4. The van der Waals surface area contributed by atoms with Crippen molar-refractivity contribution in [2.45, 2.75) is 58.0 Å². The predicted molar refractivity (Wildman–Crippen MR) is 86.7 cm³/mol. The second-order valence-corrected chi connectivity index (χ2v) is 6.56. The van der Waals surface area contributed by atoms with Gasteiger partial charge in [-0.15, -0.1) is 0 Å². The molecule has 112 valence electrons. The lowest BCUT2D eigenvalue weighted by atomic mass is 9.74. The van der Waals surface area contributed by atoms with Crippen molar-refractivity contribution in [1.29, 1.82) is 0 Å².